The summed E-state index contributed by atoms with van der Waals surface area (Å²) in [6.45, 7) is 6.82. The molecule has 0 N–H and O–H groups in total. The van der Waals surface area contributed by atoms with E-state index in [0.29, 0.717) is 4.08 Å². The first-order valence-electron chi connectivity index (χ1n) is 3.00. The highest BCUT2D eigenvalue weighted by atomic mass is 32.3. The average Bonchev–Trinajstić information content (AvgIpc) is 1.60. The summed E-state index contributed by atoms with van der Waals surface area (Å²) in [5.41, 5.74) is 0. The maximum absolute atomic E-state index is 2.29. The molecule has 1 aliphatic heterocycles. The summed E-state index contributed by atoms with van der Waals surface area (Å²) in [6, 6.07) is 0. The maximum Gasteiger partial charge on any atom is 0.0577 e. The maximum atomic E-state index is 2.29. The standard InChI is InChI=1S/C6H12S2/c1-4-5-7-6(2,3)8-5/h5H,4H2,1-3H3. The zero-order valence-electron chi connectivity index (χ0n) is 5.60. The molecule has 0 amide bonds. The molecule has 0 aromatic heterocycles. The van der Waals surface area contributed by atoms with Gasteiger partial charge in [0.05, 0.1) is 8.66 Å². The van der Waals surface area contributed by atoms with Gasteiger partial charge in [-0.1, -0.05) is 6.92 Å². The van der Waals surface area contributed by atoms with E-state index >= 15 is 0 Å². The van der Waals surface area contributed by atoms with Crippen LogP contribution in [-0.4, -0.2) is 8.66 Å². The van der Waals surface area contributed by atoms with Crippen molar-refractivity contribution in [1.29, 1.82) is 0 Å². The molecule has 1 aliphatic rings. The van der Waals surface area contributed by atoms with Crippen molar-refractivity contribution >= 4 is 23.5 Å². The third-order valence-electron chi connectivity index (χ3n) is 1.16. The summed E-state index contributed by atoms with van der Waals surface area (Å²) in [5, 5.41) is 0. The largest absolute Gasteiger partial charge is 0.130 e. The van der Waals surface area contributed by atoms with Crippen molar-refractivity contribution in [2.75, 3.05) is 0 Å². The van der Waals surface area contributed by atoms with E-state index in [9.17, 15) is 0 Å². The lowest BCUT2D eigenvalue weighted by atomic mass is 10.5. The summed E-state index contributed by atoms with van der Waals surface area (Å²) in [6.07, 6.45) is 1.32. The molecule has 0 spiro atoms. The van der Waals surface area contributed by atoms with Crippen molar-refractivity contribution in [3.8, 4) is 0 Å². The minimum absolute atomic E-state index is 0.528. The van der Waals surface area contributed by atoms with Crippen molar-refractivity contribution in [2.45, 2.75) is 35.9 Å². The second-order valence-corrected chi connectivity index (χ2v) is 6.68. The van der Waals surface area contributed by atoms with E-state index < -0.39 is 0 Å². The van der Waals surface area contributed by atoms with Gasteiger partial charge < -0.3 is 0 Å². The molecule has 1 heterocycles. The fourth-order valence-electron chi connectivity index (χ4n) is 0.809. The first kappa shape index (κ1) is 6.81. The third-order valence-corrected chi connectivity index (χ3v) is 4.65. The summed E-state index contributed by atoms with van der Waals surface area (Å²) in [4.78, 5) is 0. The van der Waals surface area contributed by atoms with E-state index in [4.69, 9.17) is 0 Å². The Morgan fingerprint density at radius 3 is 2.00 bits per heavy atom. The van der Waals surface area contributed by atoms with Crippen LogP contribution < -0.4 is 0 Å². The van der Waals surface area contributed by atoms with Crippen LogP contribution in [0.4, 0.5) is 0 Å². The molecule has 0 bridgehead atoms. The molecule has 1 fully saturated rings. The summed E-state index contributed by atoms with van der Waals surface area (Å²) in [5.74, 6) is 0. The molecule has 48 valence electrons. The van der Waals surface area contributed by atoms with E-state index in [-0.39, 0.29) is 0 Å². The summed E-state index contributed by atoms with van der Waals surface area (Å²) >= 11 is 4.19. The van der Waals surface area contributed by atoms with Crippen molar-refractivity contribution in [3.05, 3.63) is 0 Å². The predicted octanol–water partition coefficient (Wildman–Crippen LogP) is 2.94. The summed E-state index contributed by atoms with van der Waals surface area (Å²) < 4.78 is 1.42. The zero-order valence-corrected chi connectivity index (χ0v) is 7.23. The topological polar surface area (TPSA) is 0 Å². The molecule has 0 unspecified atom stereocenters. The van der Waals surface area contributed by atoms with E-state index in [2.05, 4.69) is 44.3 Å². The SMILES string of the molecule is CCC1SC(C)(C)S1. The first-order chi connectivity index (χ1) is 3.64. The van der Waals surface area contributed by atoms with E-state index in [1.807, 2.05) is 0 Å². The van der Waals surface area contributed by atoms with Crippen LogP contribution in [-0.2, 0) is 0 Å². The molecule has 1 saturated heterocycles. The van der Waals surface area contributed by atoms with Gasteiger partial charge in [-0.05, 0) is 20.3 Å². The average molecular weight is 148 g/mol. The minimum atomic E-state index is 0.528. The van der Waals surface area contributed by atoms with Crippen molar-refractivity contribution < 1.29 is 0 Å². The monoisotopic (exact) mass is 148 g/mol. The highest BCUT2D eigenvalue weighted by Gasteiger charge is 2.36. The molecule has 0 aliphatic carbocycles. The van der Waals surface area contributed by atoms with Gasteiger partial charge in [-0.2, -0.15) is 0 Å². The summed E-state index contributed by atoms with van der Waals surface area (Å²) in [7, 11) is 0. The molecule has 0 nitrogen and oxygen atoms in total. The Balaban J connectivity index is 2.21. The molecule has 0 atom stereocenters. The molecule has 8 heavy (non-hydrogen) atoms. The van der Waals surface area contributed by atoms with Crippen LogP contribution in [0.15, 0.2) is 0 Å². The van der Waals surface area contributed by atoms with Gasteiger partial charge in [0.1, 0.15) is 0 Å². The van der Waals surface area contributed by atoms with Gasteiger partial charge in [-0.25, -0.2) is 0 Å². The van der Waals surface area contributed by atoms with Gasteiger partial charge in [0.25, 0.3) is 0 Å². The van der Waals surface area contributed by atoms with E-state index in [1.54, 1.807) is 0 Å². The van der Waals surface area contributed by atoms with Crippen LogP contribution >= 0.6 is 23.5 Å². The normalized spacial score (nSPS) is 27.4. The lowest BCUT2D eigenvalue weighted by Gasteiger charge is -2.40. The Kier molecular flexibility index (Phi) is 1.83. The van der Waals surface area contributed by atoms with Crippen molar-refractivity contribution in [2.24, 2.45) is 0 Å². The Bertz CT molecular complexity index is 80.5. The molecule has 2 heteroatoms. The first-order valence-corrected chi connectivity index (χ1v) is 4.75. The van der Waals surface area contributed by atoms with E-state index in [1.165, 1.54) is 6.42 Å². The van der Waals surface area contributed by atoms with Gasteiger partial charge in [-0.3, -0.25) is 0 Å². The molecular weight excluding hydrogens is 136 g/mol. The molecular formula is C6H12S2. The van der Waals surface area contributed by atoms with Crippen LogP contribution in [0.5, 0.6) is 0 Å². The Labute approximate surface area is 59.8 Å². The van der Waals surface area contributed by atoms with E-state index in [0.717, 1.165) is 4.58 Å². The molecule has 1 rings (SSSR count). The van der Waals surface area contributed by atoms with Crippen molar-refractivity contribution in [3.63, 3.8) is 0 Å². The van der Waals surface area contributed by atoms with Gasteiger partial charge >= 0.3 is 0 Å². The number of hydrogen-bond donors (Lipinski definition) is 0. The third kappa shape index (κ3) is 1.35. The fourth-order valence-corrected chi connectivity index (χ4v) is 4.28. The Hall–Kier alpha value is 0.700. The lowest BCUT2D eigenvalue weighted by Crippen LogP contribution is -2.26. The molecule has 0 saturated carbocycles. The quantitative estimate of drug-likeness (QED) is 0.561. The van der Waals surface area contributed by atoms with Gasteiger partial charge in [-0.15, -0.1) is 23.5 Å². The van der Waals surface area contributed by atoms with Crippen LogP contribution in [0, 0.1) is 0 Å². The number of thioether (sulfide) groups is 2. The van der Waals surface area contributed by atoms with Gasteiger partial charge in [0, 0.05) is 0 Å². The fraction of sp³-hybridized carbons (Fsp3) is 1.00. The smallest absolute Gasteiger partial charge is 0.0577 e. The van der Waals surface area contributed by atoms with Crippen molar-refractivity contribution in [1.82, 2.24) is 0 Å². The minimum Gasteiger partial charge on any atom is -0.130 e. The lowest BCUT2D eigenvalue weighted by molar-refractivity contribution is 0.938. The van der Waals surface area contributed by atoms with Crippen LogP contribution in [0.2, 0.25) is 0 Å². The van der Waals surface area contributed by atoms with Gasteiger partial charge in [0.15, 0.2) is 0 Å². The van der Waals surface area contributed by atoms with Gasteiger partial charge in [0.2, 0.25) is 0 Å². The Morgan fingerprint density at radius 1 is 1.38 bits per heavy atom. The number of rotatable bonds is 1. The predicted molar refractivity (Wildman–Crippen MR) is 43.3 cm³/mol. The second-order valence-electron chi connectivity index (χ2n) is 2.47. The van der Waals surface area contributed by atoms with Crippen LogP contribution in [0.25, 0.3) is 0 Å². The molecule has 0 aromatic rings. The molecule has 0 aromatic carbocycles. The highest BCUT2D eigenvalue weighted by molar-refractivity contribution is 8.34. The molecule has 0 radical (unpaired) electrons. The highest BCUT2D eigenvalue weighted by Crippen LogP contribution is 2.56. The zero-order chi connectivity index (χ0) is 6.20. The van der Waals surface area contributed by atoms with Crippen LogP contribution in [0.1, 0.15) is 27.2 Å². The van der Waals surface area contributed by atoms with Crippen LogP contribution in [0.3, 0.4) is 0 Å². The number of hydrogen-bond acceptors (Lipinski definition) is 2. The second kappa shape index (κ2) is 2.14. The Morgan fingerprint density at radius 2 is 1.88 bits per heavy atom.